The molecule has 3 aromatic carbocycles. The lowest BCUT2D eigenvalue weighted by Crippen LogP contribution is -2.47. The predicted octanol–water partition coefficient (Wildman–Crippen LogP) is 4.95. The average molecular weight is 451 g/mol. The Labute approximate surface area is 201 Å². The van der Waals surface area contributed by atoms with Crippen molar-refractivity contribution in [2.75, 3.05) is 0 Å². The lowest BCUT2D eigenvalue weighted by atomic mass is 9.64. The smallest absolute Gasteiger partial charge is 0.253 e. The first-order valence-corrected chi connectivity index (χ1v) is 12.1. The first-order valence-electron chi connectivity index (χ1n) is 12.1. The number of carbonyl (C=O) groups is 1. The van der Waals surface area contributed by atoms with Crippen LogP contribution in [0.5, 0.6) is 0 Å². The van der Waals surface area contributed by atoms with Crippen molar-refractivity contribution in [3.8, 4) is 0 Å². The van der Waals surface area contributed by atoms with Crippen molar-refractivity contribution in [2.45, 2.75) is 44.2 Å². The summed E-state index contributed by atoms with van der Waals surface area (Å²) in [5.74, 6) is 1.10. The number of primary amides is 1. The number of hydrogen-bond acceptors (Lipinski definition) is 1. The molecule has 4 heteroatoms. The van der Waals surface area contributed by atoms with Crippen LogP contribution in [0.4, 0.5) is 0 Å². The molecule has 1 aliphatic rings. The lowest BCUT2D eigenvalue weighted by molar-refractivity contribution is -0.694. The molecule has 0 bridgehead atoms. The summed E-state index contributed by atoms with van der Waals surface area (Å²) in [6.45, 7) is 3.04. The summed E-state index contributed by atoms with van der Waals surface area (Å²) in [6, 6.07) is 31.1. The lowest BCUT2D eigenvalue weighted by Gasteiger charge is -2.37. The van der Waals surface area contributed by atoms with Crippen LogP contribution in [0, 0.1) is 12.8 Å². The van der Waals surface area contributed by atoms with Gasteiger partial charge in [-0.2, -0.15) is 0 Å². The number of nitrogens with zero attached hydrogens (tertiary/aromatic N) is 2. The summed E-state index contributed by atoms with van der Waals surface area (Å²) in [5, 5.41) is 0. The molecule has 5 rings (SSSR count). The largest absolute Gasteiger partial charge is 0.369 e. The minimum Gasteiger partial charge on any atom is -0.369 e. The van der Waals surface area contributed by atoms with Crippen molar-refractivity contribution >= 4 is 5.91 Å². The molecule has 0 spiro atoms. The Balaban J connectivity index is 1.48. The van der Waals surface area contributed by atoms with Crippen molar-refractivity contribution in [3.63, 3.8) is 0 Å². The highest BCUT2D eigenvalue weighted by Gasteiger charge is 2.51. The quantitative estimate of drug-likeness (QED) is 0.398. The van der Waals surface area contributed by atoms with Crippen LogP contribution in [0.3, 0.4) is 0 Å². The van der Waals surface area contributed by atoms with Gasteiger partial charge in [0.15, 0.2) is 0 Å². The Morgan fingerprint density at radius 1 is 0.912 bits per heavy atom. The second-order valence-electron chi connectivity index (χ2n) is 9.43. The highest BCUT2D eigenvalue weighted by atomic mass is 16.1. The third-order valence-electron chi connectivity index (χ3n) is 7.65. The van der Waals surface area contributed by atoms with Crippen molar-refractivity contribution in [2.24, 2.45) is 11.7 Å². The zero-order valence-electron chi connectivity index (χ0n) is 19.7. The number of hydrogen-bond donors (Lipinski definition) is 1. The topological polar surface area (TPSA) is 51.9 Å². The summed E-state index contributed by atoms with van der Waals surface area (Å²) in [4.78, 5) is 13.3. The Bertz CT molecular complexity index is 1210. The summed E-state index contributed by atoms with van der Waals surface area (Å²) in [7, 11) is 0. The van der Waals surface area contributed by atoms with Crippen molar-refractivity contribution < 1.29 is 9.36 Å². The number of aromatic nitrogens is 2. The molecule has 0 saturated heterocycles. The van der Waals surface area contributed by atoms with Gasteiger partial charge < -0.3 is 5.73 Å². The van der Waals surface area contributed by atoms with Crippen LogP contribution >= 0.6 is 0 Å². The monoisotopic (exact) mass is 450 g/mol. The van der Waals surface area contributed by atoms with Gasteiger partial charge in [0, 0.05) is 6.92 Å². The van der Waals surface area contributed by atoms with Crippen LogP contribution in [0.25, 0.3) is 0 Å². The predicted molar refractivity (Wildman–Crippen MR) is 134 cm³/mol. The summed E-state index contributed by atoms with van der Waals surface area (Å²) >= 11 is 0. The van der Waals surface area contributed by atoms with Gasteiger partial charge in [-0.25, -0.2) is 9.13 Å². The van der Waals surface area contributed by atoms with Gasteiger partial charge in [-0.1, -0.05) is 91.0 Å². The van der Waals surface area contributed by atoms with Gasteiger partial charge in [-0.15, -0.1) is 0 Å². The molecular formula is C30H32N3O+. The molecule has 1 fully saturated rings. The second kappa shape index (κ2) is 9.30. The van der Waals surface area contributed by atoms with Gasteiger partial charge in [0.1, 0.15) is 30.4 Å². The highest BCUT2D eigenvalue weighted by molar-refractivity contribution is 5.91. The summed E-state index contributed by atoms with van der Waals surface area (Å²) in [5.41, 5.74) is 8.70. The molecule has 0 aliphatic heterocycles. The fourth-order valence-electron chi connectivity index (χ4n) is 5.98. The van der Waals surface area contributed by atoms with Crippen LogP contribution in [-0.4, -0.2) is 10.5 Å². The van der Waals surface area contributed by atoms with E-state index < -0.39 is 5.41 Å². The summed E-state index contributed by atoms with van der Waals surface area (Å²) < 4.78 is 4.70. The Morgan fingerprint density at radius 2 is 1.47 bits per heavy atom. The van der Waals surface area contributed by atoms with Crippen LogP contribution < -0.4 is 10.3 Å². The number of rotatable bonds is 7. The molecule has 1 aromatic heterocycles. The molecule has 4 aromatic rings. The number of imidazole rings is 1. The third-order valence-corrected chi connectivity index (χ3v) is 7.65. The van der Waals surface area contributed by atoms with Gasteiger partial charge in [0.2, 0.25) is 5.91 Å². The standard InChI is InChI=1S/C30H31N3O/c1-23-32(22-24-11-5-2-6-12-24)19-20-33(23)28-18-17-27(21-28)30(29(31)34,25-13-7-3-8-14-25)26-15-9-4-10-16-26/h2-16,19-20,27-28H,17-18,21-22H2,1H3,(H-,31,34)/p+1. The van der Waals surface area contributed by atoms with E-state index in [-0.39, 0.29) is 11.8 Å². The minimum absolute atomic E-state index is 0.129. The molecule has 172 valence electrons. The van der Waals surface area contributed by atoms with Gasteiger partial charge in [0.05, 0.1) is 0 Å². The van der Waals surface area contributed by atoms with E-state index in [9.17, 15) is 4.79 Å². The third kappa shape index (κ3) is 3.83. The van der Waals surface area contributed by atoms with E-state index in [1.807, 2.05) is 36.4 Å². The maximum atomic E-state index is 13.3. The Morgan fingerprint density at radius 3 is 2.03 bits per heavy atom. The normalized spacial score (nSPS) is 18.1. The molecule has 2 atom stereocenters. The molecule has 1 aliphatic carbocycles. The van der Waals surface area contributed by atoms with Gasteiger partial charge in [-0.3, -0.25) is 4.79 Å². The van der Waals surface area contributed by atoms with E-state index in [2.05, 4.69) is 83.0 Å². The van der Waals surface area contributed by atoms with E-state index in [0.717, 1.165) is 36.9 Å². The molecule has 2 N–H and O–H groups in total. The highest BCUT2D eigenvalue weighted by Crippen LogP contribution is 2.49. The van der Waals surface area contributed by atoms with Crippen molar-refractivity contribution in [1.29, 1.82) is 0 Å². The minimum atomic E-state index is -0.835. The molecule has 1 heterocycles. The summed E-state index contributed by atoms with van der Waals surface area (Å²) in [6.07, 6.45) is 7.26. The van der Waals surface area contributed by atoms with Gasteiger partial charge in [0.25, 0.3) is 5.82 Å². The van der Waals surface area contributed by atoms with E-state index >= 15 is 0 Å². The SMILES string of the molecule is Cc1n(C2CCC(C(C(N)=O)(c3ccccc3)c3ccccc3)C2)cc[n+]1Cc1ccccc1. The molecule has 0 radical (unpaired) electrons. The fourth-order valence-corrected chi connectivity index (χ4v) is 5.98. The van der Waals surface area contributed by atoms with Crippen molar-refractivity contribution in [1.82, 2.24) is 4.57 Å². The van der Waals surface area contributed by atoms with Crippen LogP contribution in [-0.2, 0) is 16.8 Å². The first-order chi connectivity index (χ1) is 16.6. The van der Waals surface area contributed by atoms with Gasteiger partial charge >= 0.3 is 0 Å². The molecule has 2 unspecified atom stereocenters. The van der Waals surface area contributed by atoms with Crippen LogP contribution in [0.2, 0.25) is 0 Å². The van der Waals surface area contributed by atoms with Crippen LogP contribution in [0.1, 0.15) is 47.8 Å². The van der Waals surface area contributed by atoms with Gasteiger partial charge in [-0.05, 0) is 41.9 Å². The van der Waals surface area contributed by atoms with E-state index in [0.29, 0.717) is 6.04 Å². The number of amides is 1. The van der Waals surface area contributed by atoms with Crippen LogP contribution in [0.15, 0.2) is 103 Å². The van der Waals surface area contributed by atoms with Crippen molar-refractivity contribution in [3.05, 3.63) is 126 Å². The average Bonchev–Trinajstić information content (AvgIpc) is 3.49. The fraction of sp³-hybridized carbons (Fsp3) is 0.267. The molecule has 1 saturated carbocycles. The molecule has 34 heavy (non-hydrogen) atoms. The van der Waals surface area contributed by atoms with E-state index in [4.69, 9.17) is 5.73 Å². The molecular weight excluding hydrogens is 418 g/mol. The number of carbonyl (C=O) groups excluding carboxylic acids is 1. The molecule has 4 nitrogen and oxygen atoms in total. The maximum Gasteiger partial charge on any atom is 0.253 e. The number of benzene rings is 3. The number of nitrogens with two attached hydrogens (primary N) is 1. The second-order valence-corrected chi connectivity index (χ2v) is 9.43. The van der Waals surface area contributed by atoms with E-state index in [1.54, 1.807) is 0 Å². The van der Waals surface area contributed by atoms with E-state index in [1.165, 1.54) is 11.4 Å². The Hall–Kier alpha value is -3.66. The molecule has 1 amide bonds. The zero-order chi connectivity index (χ0) is 23.5. The first kappa shape index (κ1) is 22.1. The maximum absolute atomic E-state index is 13.3. The zero-order valence-corrected chi connectivity index (χ0v) is 19.7. The Kier molecular flexibility index (Phi) is 6.06.